The number of hydrogen-bond acceptors (Lipinski definition) is 2. The van der Waals surface area contributed by atoms with Gasteiger partial charge in [-0.2, -0.15) is 0 Å². The Morgan fingerprint density at radius 2 is 1.48 bits per heavy atom. The minimum absolute atomic E-state index is 0.183. The lowest BCUT2D eigenvalue weighted by Crippen LogP contribution is -2.53. The second-order valence-corrected chi connectivity index (χ2v) is 8.51. The molecule has 1 amide bonds. The molecule has 2 aliphatic carbocycles. The van der Waals surface area contributed by atoms with E-state index in [0.29, 0.717) is 0 Å². The average Bonchev–Trinajstić information content (AvgIpc) is 3.38. The van der Waals surface area contributed by atoms with Crippen LogP contribution in [0.25, 0.3) is 11.1 Å². The van der Waals surface area contributed by atoms with E-state index in [1.165, 1.54) is 31.2 Å². The molecule has 1 aliphatic heterocycles. The number of amides is 1. The van der Waals surface area contributed by atoms with Gasteiger partial charge in [0, 0.05) is 37.8 Å². The molecule has 3 nitrogen and oxygen atoms in total. The van der Waals surface area contributed by atoms with E-state index in [1.807, 2.05) is 35.2 Å². The first kappa shape index (κ1) is 17.0. The first-order chi connectivity index (χ1) is 13.3. The zero-order valence-electron chi connectivity index (χ0n) is 15.9. The van der Waals surface area contributed by atoms with Crippen LogP contribution < -0.4 is 0 Å². The summed E-state index contributed by atoms with van der Waals surface area (Å²) in [6.07, 6.45) is 5.75. The van der Waals surface area contributed by atoms with E-state index < -0.39 is 0 Å². The van der Waals surface area contributed by atoms with Gasteiger partial charge >= 0.3 is 0 Å². The molecule has 3 fully saturated rings. The summed E-state index contributed by atoms with van der Waals surface area (Å²) in [5.74, 6) is 2.10. The predicted molar refractivity (Wildman–Crippen MR) is 109 cm³/mol. The minimum atomic E-state index is 0.183. The number of rotatable bonds is 3. The highest BCUT2D eigenvalue weighted by Gasteiger charge is 2.42. The molecule has 5 rings (SSSR count). The van der Waals surface area contributed by atoms with Crippen molar-refractivity contribution >= 4 is 5.91 Å². The fourth-order valence-electron chi connectivity index (χ4n) is 5.53. The van der Waals surface area contributed by atoms with Gasteiger partial charge in [-0.25, -0.2) is 0 Å². The number of carbonyl (C=O) groups excluding carboxylic acids is 1. The monoisotopic (exact) mass is 360 g/mol. The summed E-state index contributed by atoms with van der Waals surface area (Å²) in [6, 6.07) is 19.2. The molecule has 0 N–H and O–H groups in total. The number of carbonyl (C=O) groups is 1. The Bertz CT molecular complexity index is 793. The van der Waals surface area contributed by atoms with Gasteiger partial charge in [-0.3, -0.25) is 9.69 Å². The third kappa shape index (κ3) is 3.29. The standard InChI is InChI=1S/C24H28N2O/c27-24(21-10-8-20(9-11-21)19-4-2-1-3-5-19)26-14-12-25(13-15-26)23-17-18-6-7-22(23)16-18/h1-5,8-11,18,22-23H,6-7,12-17H2/t18-,22-,23-/m1/s1. The van der Waals surface area contributed by atoms with Crippen molar-refractivity contribution in [3.8, 4) is 11.1 Å². The molecular weight excluding hydrogens is 332 g/mol. The molecule has 2 bridgehead atoms. The summed E-state index contributed by atoms with van der Waals surface area (Å²) in [5, 5.41) is 0. The zero-order valence-corrected chi connectivity index (χ0v) is 15.9. The molecule has 2 aromatic rings. The zero-order chi connectivity index (χ0) is 18.2. The molecule has 2 saturated carbocycles. The van der Waals surface area contributed by atoms with Crippen molar-refractivity contribution in [1.82, 2.24) is 9.80 Å². The first-order valence-corrected chi connectivity index (χ1v) is 10.5. The van der Waals surface area contributed by atoms with Crippen LogP contribution in [0.3, 0.4) is 0 Å². The van der Waals surface area contributed by atoms with Crippen molar-refractivity contribution in [3.63, 3.8) is 0 Å². The summed E-state index contributed by atoms with van der Waals surface area (Å²) >= 11 is 0. The maximum atomic E-state index is 12.9. The smallest absolute Gasteiger partial charge is 0.253 e. The summed E-state index contributed by atoms with van der Waals surface area (Å²) < 4.78 is 0. The van der Waals surface area contributed by atoms with E-state index in [0.717, 1.165) is 55.2 Å². The quantitative estimate of drug-likeness (QED) is 0.815. The Balaban J connectivity index is 1.21. The van der Waals surface area contributed by atoms with Gasteiger partial charge in [0.2, 0.25) is 0 Å². The molecule has 0 unspecified atom stereocenters. The number of fused-ring (bicyclic) bond motifs is 2. The molecule has 0 aromatic heterocycles. The normalized spacial score (nSPS) is 27.9. The number of piperazine rings is 1. The van der Waals surface area contributed by atoms with Gasteiger partial charge in [-0.1, -0.05) is 48.9 Å². The van der Waals surface area contributed by atoms with Crippen LogP contribution in [0.2, 0.25) is 0 Å². The molecule has 3 aliphatic rings. The van der Waals surface area contributed by atoms with E-state index in [4.69, 9.17) is 0 Å². The maximum absolute atomic E-state index is 12.9. The van der Waals surface area contributed by atoms with E-state index in [1.54, 1.807) is 0 Å². The SMILES string of the molecule is O=C(c1ccc(-c2ccccc2)cc1)N1CCN([C@@H]2C[C@@H]3CC[C@@H]2C3)CC1. The van der Waals surface area contributed by atoms with Crippen molar-refractivity contribution in [1.29, 1.82) is 0 Å². The minimum Gasteiger partial charge on any atom is -0.336 e. The Morgan fingerprint density at radius 1 is 0.778 bits per heavy atom. The van der Waals surface area contributed by atoms with Gasteiger partial charge in [0.15, 0.2) is 0 Å². The summed E-state index contributed by atoms with van der Waals surface area (Å²) in [7, 11) is 0. The average molecular weight is 361 g/mol. The van der Waals surface area contributed by atoms with E-state index >= 15 is 0 Å². The highest BCUT2D eigenvalue weighted by atomic mass is 16.2. The van der Waals surface area contributed by atoms with Crippen molar-refractivity contribution < 1.29 is 4.79 Å². The van der Waals surface area contributed by atoms with Crippen molar-refractivity contribution in [2.75, 3.05) is 26.2 Å². The lowest BCUT2D eigenvalue weighted by molar-refractivity contribution is 0.0496. The highest BCUT2D eigenvalue weighted by molar-refractivity contribution is 5.94. The molecule has 0 radical (unpaired) electrons. The van der Waals surface area contributed by atoms with E-state index in [9.17, 15) is 4.79 Å². The van der Waals surface area contributed by atoms with Crippen LogP contribution in [-0.4, -0.2) is 47.9 Å². The molecule has 27 heavy (non-hydrogen) atoms. The van der Waals surface area contributed by atoms with Crippen LogP contribution in [0.4, 0.5) is 0 Å². The van der Waals surface area contributed by atoms with Crippen LogP contribution in [0, 0.1) is 11.8 Å². The molecule has 140 valence electrons. The van der Waals surface area contributed by atoms with Crippen LogP contribution in [0.15, 0.2) is 54.6 Å². The van der Waals surface area contributed by atoms with Crippen LogP contribution in [0.5, 0.6) is 0 Å². The van der Waals surface area contributed by atoms with Crippen LogP contribution in [0.1, 0.15) is 36.0 Å². The van der Waals surface area contributed by atoms with Crippen LogP contribution >= 0.6 is 0 Å². The highest BCUT2D eigenvalue weighted by Crippen LogP contribution is 2.46. The number of benzene rings is 2. The van der Waals surface area contributed by atoms with Gasteiger partial charge < -0.3 is 4.90 Å². The van der Waals surface area contributed by atoms with Crippen molar-refractivity contribution in [2.45, 2.75) is 31.7 Å². The Labute approximate surface area is 162 Å². The lowest BCUT2D eigenvalue weighted by atomic mass is 9.93. The second kappa shape index (κ2) is 7.12. The molecule has 2 aromatic carbocycles. The second-order valence-electron chi connectivity index (χ2n) is 8.51. The van der Waals surface area contributed by atoms with Gasteiger partial charge in [0.1, 0.15) is 0 Å². The van der Waals surface area contributed by atoms with Crippen LogP contribution in [-0.2, 0) is 0 Å². The predicted octanol–water partition coefficient (Wildman–Crippen LogP) is 4.30. The van der Waals surface area contributed by atoms with Gasteiger partial charge in [-0.15, -0.1) is 0 Å². The summed E-state index contributed by atoms with van der Waals surface area (Å²) in [4.78, 5) is 17.6. The maximum Gasteiger partial charge on any atom is 0.253 e. The molecule has 3 atom stereocenters. The Hall–Kier alpha value is -2.13. The Kier molecular flexibility index (Phi) is 4.48. The molecule has 1 saturated heterocycles. The van der Waals surface area contributed by atoms with Crippen molar-refractivity contribution in [3.05, 3.63) is 60.2 Å². The first-order valence-electron chi connectivity index (χ1n) is 10.5. The van der Waals surface area contributed by atoms with Crippen molar-refractivity contribution in [2.24, 2.45) is 11.8 Å². The number of hydrogen-bond donors (Lipinski definition) is 0. The molecular formula is C24H28N2O. The third-order valence-corrected chi connectivity index (χ3v) is 7.01. The largest absolute Gasteiger partial charge is 0.336 e. The Morgan fingerprint density at radius 3 is 2.11 bits per heavy atom. The molecule has 3 heteroatoms. The van der Waals surface area contributed by atoms with E-state index in [-0.39, 0.29) is 5.91 Å². The summed E-state index contributed by atoms with van der Waals surface area (Å²) in [6.45, 7) is 3.82. The molecule has 1 heterocycles. The van der Waals surface area contributed by atoms with Gasteiger partial charge in [0.05, 0.1) is 0 Å². The third-order valence-electron chi connectivity index (χ3n) is 7.01. The van der Waals surface area contributed by atoms with Gasteiger partial charge in [0.25, 0.3) is 5.91 Å². The van der Waals surface area contributed by atoms with E-state index in [2.05, 4.69) is 29.2 Å². The number of nitrogens with zero attached hydrogens (tertiary/aromatic N) is 2. The topological polar surface area (TPSA) is 23.6 Å². The summed E-state index contributed by atoms with van der Waals surface area (Å²) in [5.41, 5.74) is 3.16. The fraction of sp³-hybridized carbons (Fsp3) is 0.458. The molecule has 0 spiro atoms. The van der Waals surface area contributed by atoms with Gasteiger partial charge in [-0.05, 0) is 54.4 Å². The fourth-order valence-corrected chi connectivity index (χ4v) is 5.53. The lowest BCUT2D eigenvalue weighted by Gasteiger charge is -2.41.